The SMILES string of the molecule is Cc1ccc(C(Cl)CN2CC(C)CC(C)C2)cc1C. The zero-order valence-electron chi connectivity index (χ0n) is 12.6. The molecule has 0 radical (unpaired) electrons. The lowest BCUT2D eigenvalue weighted by molar-refractivity contribution is 0.141. The summed E-state index contributed by atoms with van der Waals surface area (Å²) in [5.74, 6) is 1.60. The van der Waals surface area contributed by atoms with Gasteiger partial charge in [-0.25, -0.2) is 0 Å². The standard InChI is InChI=1S/C17H26ClN/c1-12-7-13(2)10-19(9-12)11-17(18)16-6-5-14(3)15(4)8-16/h5-6,8,12-13,17H,7,9-11H2,1-4H3. The Hall–Kier alpha value is -0.530. The van der Waals surface area contributed by atoms with Gasteiger partial charge in [-0.15, -0.1) is 11.6 Å². The first-order valence-electron chi connectivity index (χ1n) is 7.39. The van der Waals surface area contributed by atoms with Crippen molar-refractivity contribution >= 4 is 11.6 Å². The van der Waals surface area contributed by atoms with Gasteiger partial charge in [0.05, 0.1) is 5.38 Å². The van der Waals surface area contributed by atoms with E-state index in [0.717, 1.165) is 18.4 Å². The summed E-state index contributed by atoms with van der Waals surface area (Å²) in [5, 5.41) is 0.108. The van der Waals surface area contributed by atoms with Gasteiger partial charge >= 0.3 is 0 Å². The van der Waals surface area contributed by atoms with E-state index < -0.39 is 0 Å². The van der Waals surface area contributed by atoms with Crippen molar-refractivity contribution in [1.82, 2.24) is 4.90 Å². The van der Waals surface area contributed by atoms with Gasteiger partial charge in [-0.05, 0) is 48.8 Å². The van der Waals surface area contributed by atoms with Crippen LogP contribution in [0.15, 0.2) is 18.2 Å². The molecular weight excluding hydrogens is 254 g/mol. The maximum Gasteiger partial charge on any atom is 0.0712 e. The molecule has 1 aliphatic rings. The maximum atomic E-state index is 6.62. The molecule has 0 saturated carbocycles. The van der Waals surface area contributed by atoms with Gasteiger partial charge in [0.2, 0.25) is 0 Å². The highest BCUT2D eigenvalue weighted by Gasteiger charge is 2.23. The summed E-state index contributed by atoms with van der Waals surface area (Å²) in [5.41, 5.74) is 3.94. The Balaban J connectivity index is 2.00. The molecule has 19 heavy (non-hydrogen) atoms. The van der Waals surface area contributed by atoms with Crippen molar-refractivity contribution in [2.24, 2.45) is 11.8 Å². The summed E-state index contributed by atoms with van der Waals surface area (Å²) in [6, 6.07) is 6.60. The van der Waals surface area contributed by atoms with Gasteiger partial charge in [0, 0.05) is 19.6 Å². The molecule has 0 spiro atoms. The fourth-order valence-corrected chi connectivity index (χ4v) is 3.56. The lowest BCUT2D eigenvalue weighted by atomic mass is 9.91. The average molecular weight is 280 g/mol. The molecule has 1 nitrogen and oxygen atoms in total. The first-order chi connectivity index (χ1) is 8.95. The van der Waals surface area contributed by atoms with Crippen LogP contribution in [0.4, 0.5) is 0 Å². The van der Waals surface area contributed by atoms with Gasteiger partial charge < -0.3 is 4.90 Å². The summed E-state index contributed by atoms with van der Waals surface area (Å²) in [6.45, 7) is 12.4. The van der Waals surface area contributed by atoms with Gasteiger partial charge in [0.25, 0.3) is 0 Å². The molecule has 1 saturated heterocycles. The molecule has 0 aliphatic carbocycles. The van der Waals surface area contributed by atoms with Crippen LogP contribution in [0.25, 0.3) is 0 Å². The largest absolute Gasteiger partial charge is 0.301 e. The van der Waals surface area contributed by atoms with Crippen LogP contribution in [-0.2, 0) is 0 Å². The summed E-state index contributed by atoms with van der Waals surface area (Å²) >= 11 is 6.62. The second kappa shape index (κ2) is 6.28. The van der Waals surface area contributed by atoms with Crippen molar-refractivity contribution in [2.45, 2.75) is 39.5 Å². The van der Waals surface area contributed by atoms with Crippen LogP contribution in [0.2, 0.25) is 0 Å². The highest BCUT2D eigenvalue weighted by molar-refractivity contribution is 6.21. The van der Waals surface area contributed by atoms with Crippen molar-refractivity contribution in [3.8, 4) is 0 Å². The predicted molar refractivity (Wildman–Crippen MR) is 83.9 cm³/mol. The monoisotopic (exact) mass is 279 g/mol. The Labute approximate surface area is 123 Å². The second-order valence-electron chi connectivity index (χ2n) is 6.48. The van der Waals surface area contributed by atoms with E-state index in [-0.39, 0.29) is 5.38 Å². The summed E-state index contributed by atoms with van der Waals surface area (Å²) in [6.07, 6.45) is 1.35. The topological polar surface area (TPSA) is 3.24 Å². The first kappa shape index (κ1) is 14.9. The van der Waals surface area contributed by atoms with Crippen LogP contribution in [0.1, 0.15) is 42.3 Å². The van der Waals surface area contributed by atoms with E-state index in [4.69, 9.17) is 11.6 Å². The smallest absolute Gasteiger partial charge is 0.0712 e. The normalized spacial score (nSPS) is 26.4. The first-order valence-corrected chi connectivity index (χ1v) is 7.83. The molecule has 1 aliphatic heterocycles. The van der Waals surface area contributed by atoms with Crippen molar-refractivity contribution < 1.29 is 0 Å². The molecule has 1 heterocycles. The quantitative estimate of drug-likeness (QED) is 0.733. The van der Waals surface area contributed by atoms with E-state index in [1.165, 1.54) is 36.2 Å². The van der Waals surface area contributed by atoms with Crippen LogP contribution < -0.4 is 0 Å². The molecule has 1 aromatic rings. The molecule has 1 aromatic carbocycles. The number of likely N-dealkylation sites (tertiary alicyclic amines) is 1. The third-order valence-corrected chi connectivity index (χ3v) is 4.65. The van der Waals surface area contributed by atoms with Gasteiger partial charge in [-0.3, -0.25) is 0 Å². The summed E-state index contributed by atoms with van der Waals surface area (Å²) in [7, 11) is 0. The number of rotatable bonds is 3. The Morgan fingerprint density at radius 1 is 1.16 bits per heavy atom. The van der Waals surface area contributed by atoms with E-state index in [2.05, 4.69) is 50.8 Å². The third kappa shape index (κ3) is 3.97. The Morgan fingerprint density at radius 3 is 2.37 bits per heavy atom. The molecule has 3 unspecified atom stereocenters. The molecule has 0 bridgehead atoms. The molecule has 2 rings (SSSR count). The van der Waals surface area contributed by atoms with Crippen molar-refractivity contribution in [2.75, 3.05) is 19.6 Å². The second-order valence-corrected chi connectivity index (χ2v) is 7.00. The molecular formula is C17H26ClN. The maximum absolute atomic E-state index is 6.62. The lowest BCUT2D eigenvalue weighted by Crippen LogP contribution is -2.40. The number of benzene rings is 1. The third-order valence-electron chi connectivity index (χ3n) is 4.26. The van der Waals surface area contributed by atoms with Crippen molar-refractivity contribution in [1.29, 1.82) is 0 Å². The van der Waals surface area contributed by atoms with Crippen molar-refractivity contribution in [3.05, 3.63) is 34.9 Å². The number of nitrogens with zero attached hydrogens (tertiary/aromatic N) is 1. The average Bonchev–Trinajstić information content (AvgIpc) is 2.31. The Morgan fingerprint density at radius 2 is 1.79 bits per heavy atom. The summed E-state index contributed by atoms with van der Waals surface area (Å²) < 4.78 is 0. The number of alkyl halides is 1. The molecule has 2 heteroatoms. The zero-order chi connectivity index (χ0) is 14.0. The number of piperidine rings is 1. The molecule has 106 valence electrons. The van der Waals surface area contributed by atoms with Crippen LogP contribution in [0, 0.1) is 25.7 Å². The highest BCUT2D eigenvalue weighted by Crippen LogP contribution is 2.27. The van der Waals surface area contributed by atoms with E-state index in [0.29, 0.717) is 0 Å². The van der Waals surface area contributed by atoms with Gasteiger partial charge in [0.15, 0.2) is 0 Å². The van der Waals surface area contributed by atoms with Crippen molar-refractivity contribution in [3.63, 3.8) is 0 Å². The van der Waals surface area contributed by atoms with Crippen LogP contribution in [0.5, 0.6) is 0 Å². The minimum absolute atomic E-state index is 0.108. The van der Waals surface area contributed by atoms with Gasteiger partial charge in [-0.1, -0.05) is 32.0 Å². The molecule has 1 fully saturated rings. The summed E-state index contributed by atoms with van der Waals surface area (Å²) in [4.78, 5) is 2.53. The molecule has 3 atom stereocenters. The predicted octanol–water partition coefficient (Wildman–Crippen LogP) is 4.56. The van der Waals surface area contributed by atoms with Crippen LogP contribution >= 0.6 is 11.6 Å². The van der Waals surface area contributed by atoms with E-state index in [9.17, 15) is 0 Å². The fourth-order valence-electron chi connectivity index (χ4n) is 3.23. The fraction of sp³-hybridized carbons (Fsp3) is 0.647. The van der Waals surface area contributed by atoms with Gasteiger partial charge in [0.1, 0.15) is 0 Å². The van der Waals surface area contributed by atoms with Gasteiger partial charge in [-0.2, -0.15) is 0 Å². The molecule has 0 aromatic heterocycles. The number of hydrogen-bond acceptors (Lipinski definition) is 1. The highest BCUT2D eigenvalue weighted by atomic mass is 35.5. The minimum atomic E-state index is 0.108. The van der Waals surface area contributed by atoms with Crippen LogP contribution in [0.3, 0.4) is 0 Å². The van der Waals surface area contributed by atoms with E-state index in [1.54, 1.807) is 0 Å². The minimum Gasteiger partial charge on any atom is -0.301 e. The zero-order valence-corrected chi connectivity index (χ0v) is 13.4. The van der Waals surface area contributed by atoms with Crippen LogP contribution in [-0.4, -0.2) is 24.5 Å². The number of aryl methyl sites for hydroxylation is 2. The number of halogens is 1. The van der Waals surface area contributed by atoms with E-state index in [1.807, 2.05) is 0 Å². The Kier molecular flexibility index (Phi) is 4.92. The molecule has 0 amide bonds. The Bertz CT molecular complexity index is 419. The molecule has 0 N–H and O–H groups in total. The van der Waals surface area contributed by atoms with E-state index >= 15 is 0 Å². The number of hydrogen-bond donors (Lipinski definition) is 0. The lowest BCUT2D eigenvalue weighted by Gasteiger charge is -2.36.